The molecule has 0 aliphatic heterocycles. The third-order valence-corrected chi connectivity index (χ3v) is 4.12. The molecule has 1 aromatic heterocycles. The summed E-state index contributed by atoms with van der Waals surface area (Å²) in [6.45, 7) is 2.74. The van der Waals surface area contributed by atoms with Crippen molar-refractivity contribution in [1.82, 2.24) is 9.97 Å². The molecule has 0 saturated carbocycles. The molecule has 0 atom stereocenters. The zero-order chi connectivity index (χ0) is 18.5. The molecule has 7 nitrogen and oxygen atoms in total. The Hall–Kier alpha value is -3.22. The first kappa shape index (κ1) is 17.6. The van der Waals surface area contributed by atoms with Crippen LogP contribution in [-0.4, -0.2) is 28.5 Å². The van der Waals surface area contributed by atoms with Gasteiger partial charge >= 0.3 is 11.6 Å². The predicted molar refractivity (Wildman–Crippen MR) is 101 cm³/mol. The van der Waals surface area contributed by atoms with E-state index >= 15 is 0 Å². The molecule has 0 fully saturated rings. The van der Waals surface area contributed by atoms with Gasteiger partial charge in [0.15, 0.2) is 0 Å². The molecule has 26 heavy (non-hydrogen) atoms. The summed E-state index contributed by atoms with van der Waals surface area (Å²) in [5.74, 6) is 0.723. The van der Waals surface area contributed by atoms with E-state index < -0.39 is 4.92 Å². The number of fused-ring (bicyclic) bond motifs is 1. The summed E-state index contributed by atoms with van der Waals surface area (Å²) in [6.07, 6.45) is 3.20. The van der Waals surface area contributed by atoms with Crippen LogP contribution in [0.4, 0.5) is 11.5 Å². The number of rotatable bonds is 7. The number of anilines is 1. The van der Waals surface area contributed by atoms with Gasteiger partial charge in [0.25, 0.3) is 0 Å². The quantitative estimate of drug-likeness (QED) is 0.458. The van der Waals surface area contributed by atoms with Crippen LogP contribution in [0.5, 0.6) is 11.6 Å². The molecule has 0 N–H and O–H groups in total. The minimum Gasteiger partial charge on any atom is -0.433 e. The Morgan fingerprint density at radius 3 is 2.69 bits per heavy atom. The summed E-state index contributed by atoms with van der Waals surface area (Å²) in [6, 6.07) is 13.3. The van der Waals surface area contributed by atoms with Crippen molar-refractivity contribution in [3.63, 3.8) is 0 Å². The Kier molecular flexibility index (Phi) is 5.26. The van der Waals surface area contributed by atoms with E-state index in [2.05, 4.69) is 16.9 Å². The molecule has 0 radical (unpaired) electrons. The highest BCUT2D eigenvalue weighted by molar-refractivity contribution is 5.88. The maximum atomic E-state index is 11.7. The van der Waals surface area contributed by atoms with Crippen LogP contribution in [0.3, 0.4) is 0 Å². The van der Waals surface area contributed by atoms with Crippen molar-refractivity contribution < 1.29 is 9.66 Å². The zero-order valence-corrected chi connectivity index (χ0v) is 14.8. The van der Waals surface area contributed by atoms with Gasteiger partial charge < -0.3 is 9.64 Å². The first-order valence-corrected chi connectivity index (χ1v) is 8.48. The normalized spacial score (nSPS) is 10.7. The van der Waals surface area contributed by atoms with Crippen molar-refractivity contribution in [2.45, 2.75) is 19.8 Å². The lowest BCUT2D eigenvalue weighted by Crippen LogP contribution is -2.21. The molecule has 0 aliphatic rings. The van der Waals surface area contributed by atoms with E-state index in [-0.39, 0.29) is 17.4 Å². The molecule has 2 aromatic carbocycles. The third kappa shape index (κ3) is 3.56. The molecule has 1 heterocycles. The number of ether oxygens (including phenoxy) is 1. The number of hydrogen-bond donors (Lipinski definition) is 0. The second-order valence-corrected chi connectivity index (χ2v) is 5.96. The molecule has 3 aromatic rings. The minimum atomic E-state index is -0.488. The van der Waals surface area contributed by atoms with E-state index in [1.54, 1.807) is 18.0 Å². The van der Waals surface area contributed by atoms with Crippen LogP contribution >= 0.6 is 0 Å². The summed E-state index contributed by atoms with van der Waals surface area (Å²) < 4.78 is 5.86. The second kappa shape index (κ2) is 7.77. The number of benzene rings is 2. The van der Waals surface area contributed by atoms with Crippen LogP contribution < -0.4 is 9.64 Å². The average Bonchev–Trinajstić information content (AvgIpc) is 2.66. The van der Waals surface area contributed by atoms with Crippen LogP contribution in [0.1, 0.15) is 19.8 Å². The molecule has 0 unspecified atom stereocenters. The molecule has 0 spiro atoms. The van der Waals surface area contributed by atoms with Crippen LogP contribution in [0, 0.1) is 10.1 Å². The largest absolute Gasteiger partial charge is 0.433 e. The summed E-state index contributed by atoms with van der Waals surface area (Å²) >= 11 is 0. The van der Waals surface area contributed by atoms with Crippen molar-refractivity contribution in [2.75, 3.05) is 18.5 Å². The summed E-state index contributed by atoms with van der Waals surface area (Å²) in [7, 11) is 1.78. The molecule has 0 saturated heterocycles. The SMILES string of the molecule is CCCCN(C)c1ncnc(Oc2cccc3ccccc23)c1[N+](=O)[O-]. The van der Waals surface area contributed by atoms with Crippen molar-refractivity contribution >= 4 is 22.3 Å². The van der Waals surface area contributed by atoms with Crippen molar-refractivity contribution in [2.24, 2.45) is 0 Å². The number of nitrogens with zero attached hydrogens (tertiary/aromatic N) is 4. The van der Waals surface area contributed by atoms with Crippen molar-refractivity contribution in [1.29, 1.82) is 0 Å². The highest BCUT2D eigenvalue weighted by Gasteiger charge is 2.27. The monoisotopic (exact) mass is 352 g/mol. The molecule has 0 bridgehead atoms. The van der Waals surface area contributed by atoms with E-state index in [1.165, 1.54) is 6.33 Å². The van der Waals surface area contributed by atoms with E-state index in [0.29, 0.717) is 12.3 Å². The lowest BCUT2D eigenvalue weighted by molar-refractivity contribution is -0.385. The summed E-state index contributed by atoms with van der Waals surface area (Å²) in [5.41, 5.74) is -0.223. The van der Waals surface area contributed by atoms with Gasteiger partial charge in [0.05, 0.1) is 4.92 Å². The smallest absolute Gasteiger partial charge is 0.373 e. The molecular weight excluding hydrogens is 332 g/mol. The number of hydrogen-bond acceptors (Lipinski definition) is 6. The fraction of sp³-hybridized carbons (Fsp3) is 0.263. The minimum absolute atomic E-state index is 0.0558. The van der Waals surface area contributed by atoms with Gasteiger partial charge in [0.2, 0.25) is 5.82 Å². The zero-order valence-electron chi connectivity index (χ0n) is 14.8. The lowest BCUT2D eigenvalue weighted by atomic mass is 10.1. The molecule has 134 valence electrons. The second-order valence-electron chi connectivity index (χ2n) is 5.96. The van der Waals surface area contributed by atoms with Gasteiger partial charge in [-0.05, 0) is 17.9 Å². The van der Waals surface area contributed by atoms with Crippen molar-refractivity contribution in [3.05, 3.63) is 58.9 Å². The molecule has 7 heteroatoms. The van der Waals surface area contributed by atoms with Gasteiger partial charge in [-0.15, -0.1) is 0 Å². The number of unbranched alkanes of at least 4 members (excludes halogenated alkanes) is 1. The first-order valence-electron chi connectivity index (χ1n) is 8.48. The Balaban J connectivity index is 2.03. The highest BCUT2D eigenvalue weighted by Crippen LogP contribution is 2.37. The van der Waals surface area contributed by atoms with Gasteiger partial charge in [0.1, 0.15) is 12.1 Å². The third-order valence-electron chi connectivity index (χ3n) is 4.12. The van der Waals surface area contributed by atoms with Crippen LogP contribution in [-0.2, 0) is 0 Å². The van der Waals surface area contributed by atoms with E-state index in [4.69, 9.17) is 4.74 Å². The lowest BCUT2D eigenvalue weighted by Gasteiger charge is -2.18. The number of aromatic nitrogens is 2. The van der Waals surface area contributed by atoms with Gasteiger partial charge in [-0.25, -0.2) is 4.98 Å². The Bertz CT molecular complexity index is 924. The number of nitro groups is 1. The topological polar surface area (TPSA) is 81.4 Å². The summed E-state index contributed by atoms with van der Waals surface area (Å²) in [5, 5.41) is 13.5. The fourth-order valence-corrected chi connectivity index (χ4v) is 2.76. The molecule has 0 amide bonds. The standard InChI is InChI=1S/C19H20N4O3/c1-3-4-12-22(2)18-17(23(24)25)19(21-13-20-18)26-16-11-7-9-14-8-5-6-10-15(14)16/h5-11,13H,3-4,12H2,1-2H3. The van der Waals surface area contributed by atoms with Gasteiger partial charge in [-0.3, -0.25) is 10.1 Å². The Labute approximate surface area is 151 Å². The molecule has 0 aliphatic carbocycles. The molecule has 3 rings (SSSR count). The van der Waals surface area contributed by atoms with E-state index in [9.17, 15) is 10.1 Å². The predicted octanol–water partition coefficient (Wildman–Crippen LogP) is 4.57. The van der Waals surface area contributed by atoms with Gasteiger partial charge in [-0.1, -0.05) is 49.7 Å². The van der Waals surface area contributed by atoms with E-state index in [0.717, 1.165) is 23.6 Å². The van der Waals surface area contributed by atoms with Crippen LogP contribution in [0.15, 0.2) is 48.8 Å². The summed E-state index contributed by atoms with van der Waals surface area (Å²) in [4.78, 5) is 21.1. The van der Waals surface area contributed by atoms with Crippen LogP contribution in [0.2, 0.25) is 0 Å². The molecular formula is C19H20N4O3. The van der Waals surface area contributed by atoms with Gasteiger partial charge in [-0.2, -0.15) is 4.98 Å². The highest BCUT2D eigenvalue weighted by atomic mass is 16.6. The Morgan fingerprint density at radius 1 is 1.15 bits per heavy atom. The fourth-order valence-electron chi connectivity index (χ4n) is 2.76. The Morgan fingerprint density at radius 2 is 1.92 bits per heavy atom. The van der Waals surface area contributed by atoms with Crippen molar-refractivity contribution in [3.8, 4) is 11.6 Å². The van der Waals surface area contributed by atoms with Gasteiger partial charge in [0, 0.05) is 19.0 Å². The first-order chi connectivity index (χ1) is 12.6. The van der Waals surface area contributed by atoms with Crippen LogP contribution in [0.25, 0.3) is 10.8 Å². The maximum Gasteiger partial charge on any atom is 0.373 e. The average molecular weight is 352 g/mol. The van der Waals surface area contributed by atoms with E-state index in [1.807, 2.05) is 36.4 Å². The maximum absolute atomic E-state index is 11.7.